The van der Waals surface area contributed by atoms with Crippen LogP contribution < -0.4 is 14.9 Å². The Balaban J connectivity index is 1.84. The van der Waals surface area contributed by atoms with Gasteiger partial charge in [-0.15, -0.1) is 11.8 Å². The number of phenols is 1. The number of thiazole rings is 1. The molecule has 0 saturated carbocycles. The van der Waals surface area contributed by atoms with Gasteiger partial charge in [0.05, 0.1) is 32.0 Å². The predicted molar refractivity (Wildman–Crippen MR) is 173 cm³/mol. The van der Waals surface area contributed by atoms with Crippen molar-refractivity contribution in [3.63, 3.8) is 0 Å². The second-order valence-corrected chi connectivity index (χ2v) is 12.8. The summed E-state index contributed by atoms with van der Waals surface area (Å²) in [6.45, 7) is 1.95. The van der Waals surface area contributed by atoms with E-state index in [1.54, 1.807) is 29.3 Å². The fourth-order valence-electron chi connectivity index (χ4n) is 4.38. The number of hydrogen-bond donors (Lipinski definition) is 1. The molecule has 3 aromatic carbocycles. The summed E-state index contributed by atoms with van der Waals surface area (Å²) < 4.78 is 9.13. The largest absolute Gasteiger partial charge is 0.506 e. The van der Waals surface area contributed by atoms with Gasteiger partial charge in [-0.25, -0.2) is 9.79 Å². The zero-order valence-corrected chi connectivity index (χ0v) is 26.8. The summed E-state index contributed by atoms with van der Waals surface area (Å²) in [6, 6.07) is 20.3. The van der Waals surface area contributed by atoms with E-state index in [0.29, 0.717) is 29.7 Å². The van der Waals surface area contributed by atoms with Crippen LogP contribution in [0.3, 0.4) is 0 Å². The molecule has 0 spiro atoms. The molecule has 1 N–H and O–H groups in total. The molecule has 0 amide bonds. The SMILES string of the molecule is CCOC(=O)C1=C(c2ccccc2)N=c2s/c(=C\c3cc(I)cc(I)c3O)c(=O)n2[C@@H]1c1ccc(SC)cc1. The van der Waals surface area contributed by atoms with E-state index in [1.807, 2.05) is 73.0 Å². The summed E-state index contributed by atoms with van der Waals surface area (Å²) in [7, 11) is 0. The number of carbonyl (C=O) groups is 1. The third-order valence-electron chi connectivity index (χ3n) is 6.15. The van der Waals surface area contributed by atoms with E-state index in [9.17, 15) is 14.7 Å². The molecule has 4 aromatic rings. The first kappa shape index (κ1) is 28.1. The van der Waals surface area contributed by atoms with E-state index >= 15 is 0 Å². The normalized spacial score (nSPS) is 15.2. The number of halogens is 2. The van der Waals surface area contributed by atoms with Crippen molar-refractivity contribution < 1.29 is 14.6 Å². The fourth-order valence-corrected chi connectivity index (χ4v) is 7.67. The highest BCUT2D eigenvalue weighted by Crippen LogP contribution is 2.36. The predicted octanol–water partition coefficient (Wildman–Crippen LogP) is 5.57. The molecule has 0 saturated heterocycles. The second kappa shape index (κ2) is 12.0. The lowest BCUT2D eigenvalue weighted by molar-refractivity contribution is -0.138. The summed E-state index contributed by atoms with van der Waals surface area (Å²) in [4.78, 5) is 33.9. The van der Waals surface area contributed by atoms with Gasteiger partial charge >= 0.3 is 5.97 Å². The molecular formula is C29H22I2N2O4S2. The molecule has 0 radical (unpaired) electrons. The molecule has 0 fully saturated rings. The number of carbonyl (C=O) groups excluding carboxylic acids is 1. The molecule has 198 valence electrons. The molecule has 0 unspecified atom stereocenters. The number of benzene rings is 3. The smallest absolute Gasteiger partial charge is 0.338 e. The highest BCUT2D eigenvalue weighted by Gasteiger charge is 2.35. The Bertz CT molecular complexity index is 1780. The lowest BCUT2D eigenvalue weighted by Crippen LogP contribution is -2.40. The molecule has 1 aromatic heterocycles. The monoisotopic (exact) mass is 780 g/mol. The third-order valence-corrected chi connectivity index (χ3v) is 9.32. The Morgan fingerprint density at radius 3 is 2.54 bits per heavy atom. The lowest BCUT2D eigenvalue weighted by atomic mass is 9.93. The van der Waals surface area contributed by atoms with Crippen LogP contribution in [0.15, 0.2) is 87.0 Å². The van der Waals surface area contributed by atoms with Crippen molar-refractivity contribution in [3.8, 4) is 5.75 Å². The highest BCUT2D eigenvalue weighted by molar-refractivity contribution is 14.1. The molecule has 1 aliphatic heterocycles. The highest BCUT2D eigenvalue weighted by atomic mass is 127. The van der Waals surface area contributed by atoms with E-state index in [1.165, 1.54) is 11.3 Å². The summed E-state index contributed by atoms with van der Waals surface area (Å²) in [5.41, 5.74) is 2.58. The van der Waals surface area contributed by atoms with Crippen LogP contribution in [0.4, 0.5) is 0 Å². The van der Waals surface area contributed by atoms with Gasteiger partial charge in [0.1, 0.15) is 5.75 Å². The average Bonchev–Trinajstić information content (AvgIpc) is 3.25. The molecule has 2 heterocycles. The molecule has 1 aliphatic rings. The van der Waals surface area contributed by atoms with Gasteiger partial charge in [0, 0.05) is 19.6 Å². The molecule has 1 atom stereocenters. The number of phenolic OH excluding ortho intramolecular Hbond substituents is 1. The molecule has 0 bridgehead atoms. The van der Waals surface area contributed by atoms with E-state index in [0.717, 1.165) is 19.6 Å². The Hall–Kier alpha value is -2.42. The van der Waals surface area contributed by atoms with Crippen LogP contribution in [-0.4, -0.2) is 28.5 Å². The first-order valence-corrected chi connectivity index (χ1v) is 16.1. The van der Waals surface area contributed by atoms with Gasteiger partial charge in [-0.2, -0.15) is 0 Å². The zero-order chi connectivity index (χ0) is 27.7. The molecule has 6 nitrogen and oxygen atoms in total. The van der Waals surface area contributed by atoms with Crippen LogP contribution in [0.25, 0.3) is 11.8 Å². The number of esters is 1. The molecule has 39 heavy (non-hydrogen) atoms. The third kappa shape index (κ3) is 5.61. The minimum atomic E-state index is -0.738. The number of fused-ring (bicyclic) bond motifs is 1. The van der Waals surface area contributed by atoms with Crippen molar-refractivity contribution in [2.75, 3.05) is 12.9 Å². The summed E-state index contributed by atoms with van der Waals surface area (Å²) in [5.74, 6) is -0.401. The summed E-state index contributed by atoms with van der Waals surface area (Å²) in [5, 5.41) is 10.7. The van der Waals surface area contributed by atoms with Gasteiger partial charge in [-0.1, -0.05) is 53.8 Å². The number of ether oxygens (including phenoxy) is 1. The van der Waals surface area contributed by atoms with E-state index in [2.05, 4.69) is 45.2 Å². The average molecular weight is 780 g/mol. The number of nitrogens with zero attached hydrogens (tertiary/aromatic N) is 2. The molecule has 10 heteroatoms. The molecular weight excluding hydrogens is 758 g/mol. The Morgan fingerprint density at radius 2 is 1.87 bits per heavy atom. The first-order chi connectivity index (χ1) is 18.8. The molecule has 0 aliphatic carbocycles. The zero-order valence-electron chi connectivity index (χ0n) is 20.9. The maximum Gasteiger partial charge on any atom is 0.338 e. The van der Waals surface area contributed by atoms with Gasteiger partial charge < -0.3 is 9.84 Å². The standard InChI is InChI=1S/C29H22I2N2O4S2/c1-3-37-28(36)23-24(16-7-5-4-6-8-16)32-29-33(25(23)17-9-11-20(38-2)12-10-17)27(35)22(39-29)14-18-13-19(30)15-21(31)26(18)34/h4-15,25,34H,3H2,1-2H3/b22-14-/t25-/m1/s1. The number of thioether (sulfide) groups is 1. The Kier molecular flexibility index (Phi) is 8.64. The van der Waals surface area contributed by atoms with E-state index in [4.69, 9.17) is 9.73 Å². The minimum Gasteiger partial charge on any atom is -0.506 e. The van der Waals surface area contributed by atoms with Crippen LogP contribution in [0.2, 0.25) is 0 Å². The topological polar surface area (TPSA) is 80.9 Å². The number of rotatable bonds is 6. The maximum absolute atomic E-state index is 14.0. The van der Waals surface area contributed by atoms with E-state index in [-0.39, 0.29) is 17.9 Å². The number of aromatic nitrogens is 1. The second-order valence-electron chi connectivity index (χ2n) is 8.53. The van der Waals surface area contributed by atoms with Gasteiger partial charge in [0.25, 0.3) is 5.56 Å². The van der Waals surface area contributed by atoms with Crippen molar-refractivity contribution in [2.24, 2.45) is 4.99 Å². The van der Waals surface area contributed by atoms with Gasteiger partial charge in [-0.3, -0.25) is 9.36 Å². The fraction of sp³-hybridized carbons (Fsp3) is 0.138. The summed E-state index contributed by atoms with van der Waals surface area (Å²) in [6.07, 6.45) is 3.69. The van der Waals surface area contributed by atoms with Crippen molar-refractivity contribution in [2.45, 2.75) is 17.9 Å². The van der Waals surface area contributed by atoms with Crippen LogP contribution in [0.5, 0.6) is 5.75 Å². The quantitative estimate of drug-likeness (QED) is 0.157. The maximum atomic E-state index is 14.0. The van der Waals surface area contributed by atoms with Crippen molar-refractivity contribution in [1.29, 1.82) is 0 Å². The molecule has 5 rings (SSSR count). The first-order valence-electron chi connectivity index (χ1n) is 11.9. The van der Waals surface area contributed by atoms with Crippen molar-refractivity contribution in [3.05, 3.63) is 116 Å². The van der Waals surface area contributed by atoms with E-state index < -0.39 is 12.0 Å². The van der Waals surface area contributed by atoms with Crippen molar-refractivity contribution in [1.82, 2.24) is 4.57 Å². The summed E-state index contributed by atoms with van der Waals surface area (Å²) >= 11 is 7.11. The lowest BCUT2D eigenvalue weighted by Gasteiger charge is -2.26. The van der Waals surface area contributed by atoms with Crippen molar-refractivity contribution >= 4 is 86.0 Å². The Morgan fingerprint density at radius 1 is 1.15 bits per heavy atom. The number of aromatic hydroxyl groups is 1. The minimum absolute atomic E-state index is 0.114. The van der Waals surface area contributed by atoms with Gasteiger partial charge in [0.15, 0.2) is 4.80 Å². The van der Waals surface area contributed by atoms with Gasteiger partial charge in [-0.05, 0) is 94.3 Å². The van der Waals surface area contributed by atoms with Crippen LogP contribution in [0.1, 0.15) is 29.7 Å². The van der Waals surface area contributed by atoms with Crippen LogP contribution in [-0.2, 0) is 9.53 Å². The van der Waals surface area contributed by atoms with Crippen LogP contribution >= 0.6 is 68.3 Å². The Labute approximate surface area is 260 Å². The van der Waals surface area contributed by atoms with Gasteiger partial charge in [0.2, 0.25) is 0 Å². The van der Waals surface area contributed by atoms with Crippen LogP contribution in [0, 0.1) is 7.14 Å². The number of hydrogen-bond acceptors (Lipinski definition) is 7.